The molecule has 1 amide bonds. The fourth-order valence-corrected chi connectivity index (χ4v) is 5.51. The Labute approximate surface area is 152 Å². The SMILES string of the molecule is Cc1c(N)nc(SCC2(C(=O)O)CS[C@@H]3C(N)C(=O)N3C2)[n+](N)c1N. The van der Waals surface area contributed by atoms with E-state index in [1.165, 1.54) is 21.3 Å². The van der Waals surface area contributed by atoms with Gasteiger partial charge >= 0.3 is 11.1 Å². The number of aromatic nitrogens is 2. The van der Waals surface area contributed by atoms with Gasteiger partial charge in [-0.2, -0.15) is 0 Å². The van der Waals surface area contributed by atoms with E-state index in [-0.39, 0.29) is 35.2 Å². The molecule has 3 atom stereocenters. The number of nitrogens with two attached hydrogens (primary N) is 4. The molecule has 0 radical (unpaired) electrons. The third-order valence-electron chi connectivity index (χ3n) is 4.57. The van der Waals surface area contributed by atoms with Gasteiger partial charge in [0.15, 0.2) is 0 Å². The van der Waals surface area contributed by atoms with E-state index in [0.717, 1.165) is 11.8 Å². The molecule has 0 aliphatic carbocycles. The summed E-state index contributed by atoms with van der Waals surface area (Å²) < 4.78 is 1.19. The van der Waals surface area contributed by atoms with Crippen molar-refractivity contribution in [1.29, 1.82) is 0 Å². The standard InChI is InChI=1S/C13H19N7O3S2/c1-5-7(15)18-12(20(17)8(5)16)25-4-13(11(22)23)2-19-9(21)6(14)10(19)24-3-13/h6,10H,2-4,14,17H2,1H3,(H4,15,16,22,23)/p+1/t6?,10-,13?/m1/s1. The lowest BCUT2D eigenvalue weighted by Crippen LogP contribution is -2.72. The summed E-state index contributed by atoms with van der Waals surface area (Å²) in [5, 5.41) is 9.94. The zero-order chi connectivity index (χ0) is 18.5. The van der Waals surface area contributed by atoms with Gasteiger partial charge < -0.3 is 27.2 Å². The van der Waals surface area contributed by atoms with Crippen LogP contribution in [0.3, 0.4) is 0 Å². The normalized spacial score (nSPS) is 28.4. The van der Waals surface area contributed by atoms with Gasteiger partial charge in [-0.05, 0) is 18.7 Å². The highest BCUT2D eigenvalue weighted by atomic mass is 32.2. The van der Waals surface area contributed by atoms with E-state index in [9.17, 15) is 14.7 Å². The summed E-state index contributed by atoms with van der Waals surface area (Å²) in [5.41, 5.74) is 16.9. The Morgan fingerprint density at radius 1 is 1.56 bits per heavy atom. The lowest BCUT2D eigenvalue weighted by atomic mass is 9.89. The van der Waals surface area contributed by atoms with E-state index in [0.29, 0.717) is 16.5 Å². The molecule has 12 heteroatoms. The summed E-state index contributed by atoms with van der Waals surface area (Å²) in [6, 6.07) is -0.547. The molecule has 2 saturated heterocycles. The van der Waals surface area contributed by atoms with Gasteiger partial charge in [0, 0.05) is 18.1 Å². The first kappa shape index (κ1) is 17.9. The monoisotopic (exact) mass is 386 g/mol. The van der Waals surface area contributed by atoms with Crippen LogP contribution in [-0.4, -0.2) is 56.3 Å². The summed E-state index contributed by atoms with van der Waals surface area (Å²) in [6.45, 7) is 1.81. The van der Waals surface area contributed by atoms with Crippen molar-refractivity contribution in [3.63, 3.8) is 0 Å². The smallest absolute Gasteiger partial charge is 0.322 e. The van der Waals surface area contributed by atoms with E-state index in [2.05, 4.69) is 4.98 Å². The van der Waals surface area contributed by atoms with Gasteiger partial charge in [-0.3, -0.25) is 15.4 Å². The maximum absolute atomic E-state index is 11.9. The van der Waals surface area contributed by atoms with Crippen molar-refractivity contribution in [3.05, 3.63) is 5.56 Å². The lowest BCUT2D eigenvalue weighted by molar-refractivity contribution is -0.667. The van der Waals surface area contributed by atoms with Crippen molar-refractivity contribution in [2.45, 2.75) is 23.5 Å². The van der Waals surface area contributed by atoms with Gasteiger partial charge in [-0.1, -0.05) is 4.98 Å². The molecule has 0 spiro atoms. The van der Waals surface area contributed by atoms with Crippen molar-refractivity contribution in [2.75, 3.05) is 35.4 Å². The number of fused-ring (bicyclic) bond motifs is 1. The minimum Gasteiger partial charge on any atom is -0.481 e. The minimum absolute atomic E-state index is 0.112. The highest BCUT2D eigenvalue weighted by Crippen LogP contribution is 2.43. The molecule has 2 fully saturated rings. The number of aliphatic carboxylic acids is 1. The number of carbonyl (C=O) groups excluding carboxylic acids is 1. The van der Waals surface area contributed by atoms with Crippen LogP contribution in [0.25, 0.3) is 0 Å². The molecule has 1 aromatic rings. The number of anilines is 2. The largest absolute Gasteiger partial charge is 0.481 e. The van der Waals surface area contributed by atoms with Gasteiger partial charge in [0.1, 0.15) is 16.8 Å². The Hall–Kier alpha value is -1.92. The van der Waals surface area contributed by atoms with Gasteiger partial charge in [0.25, 0.3) is 0 Å². The number of hydrogen-bond donors (Lipinski definition) is 5. The fourth-order valence-electron chi connectivity index (χ4n) is 2.77. The third-order valence-corrected chi connectivity index (χ3v) is 7.42. The number of carboxylic acids is 1. The number of amides is 1. The van der Waals surface area contributed by atoms with Gasteiger partial charge in [-0.15, -0.1) is 16.4 Å². The quantitative estimate of drug-likeness (QED) is 0.127. The first-order valence-electron chi connectivity index (χ1n) is 7.44. The number of carbonyl (C=O) groups is 2. The molecule has 0 bridgehead atoms. The van der Waals surface area contributed by atoms with Crippen LogP contribution in [-0.2, 0) is 9.59 Å². The number of nitrogens with zero attached hydrogens (tertiary/aromatic N) is 3. The van der Waals surface area contributed by atoms with E-state index in [4.69, 9.17) is 23.0 Å². The number of β-lactam (4-membered cyclic amide) rings is 1. The molecule has 0 saturated carbocycles. The predicted octanol–water partition coefficient (Wildman–Crippen LogP) is -2.04. The Morgan fingerprint density at radius 2 is 2.24 bits per heavy atom. The van der Waals surface area contributed by atoms with Crippen LogP contribution in [0.15, 0.2) is 5.16 Å². The minimum atomic E-state index is -1.12. The molecule has 0 aromatic carbocycles. The molecule has 2 aliphatic rings. The molecular weight excluding hydrogens is 366 g/mol. The molecule has 3 rings (SSSR count). The Bertz CT molecular complexity index is 762. The molecule has 136 valence electrons. The van der Waals surface area contributed by atoms with E-state index in [1.807, 2.05) is 0 Å². The van der Waals surface area contributed by atoms with E-state index in [1.54, 1.807) is 6.92 Å². The number of nitrogen functional groups attached to an aromatic ring is 3. The number of hydrogen-bond acceptors (Lipinski definition) is 9. The van der Waals surface area contributed by atoms with Crippen molar-refractivity contribution in [2.24, 2.45) is 11.1 Å². The van der Waals surface area contributed by atoms with Crippen LogP contribution in [0.1, 0.15) is 5.56 Å². The molecule has 2 unspecified atom stereocenters. The van der Waals surface area contributed by atoms with Crippen LogP contribution < -0.4 is 27.7 Å². The number of thioether (sulfide) groups is 2. The second-order valence-corrected chi connectivity index (χ2v) is 8.27. The van der Waals surface area contributed by atoms with Crippen LogP contribution in [0, 0.1) is 12.3 Å². The van der Waals surface area contributed by atoms with E-state index >= 15 is 0 Å². The fraction of sp³-hybridized carbons (Fsp3) is 0.538. The highest BCUT2D eigenvalue weighted by Gasteiger charge is 2.56. The average molecular weight is 386 g/mol. The maximum Gasteiger partial charge on any atom is 0.322 e. The van der Waals surface area contributed by atoms with Crippen LogP contribution in [0.5, 0.6) is 0 Å². The molecule has 25 heavy (non-hydrogen) atoms. The predicted molar refractivity (Wildman–Crippen MR) is 94.9 cm³/mol. The molecule has 2 aliphatic heterocycles. The van der Waals surface area contributed by atoms with Crippen LogP contribution >= 0.6 is 23.5 Å². The first-order chi connectivity index (χ1) is 11.7. The number of rotatable bonds is 4. The van der Waals surface area contributed by atoms with Crippen molar-refractivity contribution >= 4 is 47.0 Å². The zero-order valence-electron chi connectivity index (χ0n) is 13.5. The van der Waals surface area contributed by atoms with Gasteiger partial charge in [-0.25, -0.2) is 0 Å². The third kappa shape index (κ3) is 2.73. The van der Waals surface area contributed by atoms with Crippen molar-refractivity contribution in [3.8, 4) is 0 Å². The van der Waals surface area contributed by atoms with Crippen LogP contribution in [0.2, 0.25) is 0 Å². The van der Waals surface area contributed by atoms with Crippen molar-refractivity contribution < 1.29 is 19.4 Å². The summed E-state index contributed by atoms with van der Waals surface area (Å²) in [4.78, 5) is 29.5. The molecule has 3 heterocycles. The molecule has 9 N–H and O–H groups in total. The van der Waals surface area contributed by atoms with Crippen LogP contribution in [0.4, 0.5) is 11.6 Å². The second-order valence-electron chi connectivity index (χ2n) is 6.23. The highest BCUT2D eigenvalue weighted by molar-refractivity contribution is 8.00. The molecular formula is C13H20N7O3S2+. The lowest BCUT2D eigenvalue weighted by Gasteiger charge is -2.52. The molecule has 10 nitrogen and oxygen atoms in total. The van der Waals surface area contributed by atoms with Gasteiger partial charge in [0.05, 0.1) is 5.56 Å². The van der Waals surface area contributed by atoms with Crippen molar-refractivity contribution in [1.82, 2.24) is 9.88 Å². The summed E-state index contributed by atoms with van der Waals surface area (Å²) >= 11 is 2.54. The first-order valence-corrected chi connectivity index (χ1v) is 9.48. The summed E-state index contributed by atoms with van der Waals surface area (Å²) in [6.07, 6.45) is 0. The topological polar surface area (TPSA) is 178 Å². The average Bonchev–Trinajstić information content (AvgIpc) is 2.60. The Kier molecular flexibility index (Phi) is 4.37. The Balaban J connectivity index is 1.81. The number of carboxylic acid groups (broad SMARTS) is 1. The maximum atomic E-state index is 11.9. The second kappa shape index (κ2) is 6.11. The zero-order valence-corrected chi connectivity index (χ0v) is 15.1. The Morgan fingerprint density at radius 3 is 2.88 bits per heavy atom. The summed E-state index contributed by atoms with van der Waals surface area (Å²) in [7, 11) is 0. The van der Waals surface area contributed by atoms with E-state index < -0.39 is 17.4 Å². The molecule has 1 aromatic heterocycles. The van der Waals surface area contributed by atoms with Gasteiger partial charge in [0.2, 0.25) is 17.5 Å². The summed E-state index contributed by atoms with van der Waals surface area (Å²) in [5.74, 6) is 5.74.